The van der Waals surface area contributed by atoms with Gasteiger partial charge in [-0.2, -0.15) is 0 Å². The third-order valence-electron chi connectivity index (χ3n) is 1.81. The summed E-state index contributed by atoms with van der Waals surface area (Å²) in [6.07, 6.45) is -2.44. The van der Waals surface area contributed by atoms with Crippen LogP contribution in [0.1, 0.15) is 0 Å². The summed E-state index contributed by atoms with van der Waals surface area (Å²) in [5.41, 5.74) is 6.04. The number of nitrogen functional groups attached to an aromatic ring is 1. The van der Waals surface area contributed by atoms with E-state index in [9.17, 15) is 13.2 Å². The lowest BCUT2D eigenvalue weighted by molar-refractivity contribution is 0.156. The molecular weight excluding hydrogens is 193 g/mol. The Kier molecular flexibility index (Phi) is 3.22. The molecule has 1 aromatic carbocycles. The topological polar surface area (TPSA) is 29.3 Å². The zero-order valence-electron chi connectivity index (χ0n) is 7.67. The second-order valence-corrected chi connectivity index (χ2v) is 2.97. The fourth-order valence-electron chi connectivity index (χ4n) is 1.18. The van der Waals surface area contributed by atoms with Crippen molar-refractivity contribution < 1.29 is 13.2 Å². The van der Waals surface area contributed by atoms with Crippen LogP contribution in [0.15, 0.2) is 18.2 Å². The van der Waals surface area contributed by atoms with Gasteiger partial charge in [0.05, 0.1) is 17.9 Å². The molecule has 14 heavy (non-hydrogen) atoms. The predicted octanol–water partition coefficient (Wildman–Crippen LogP) is 2.11. The van der Waals surface area contributed by atoms with Crippen molar-refractivity contribution in [3.8, 4) is 0 Å². The number of alkyl halides is 2. The SMILES string of the molecule is CN(CC(F)F)c1ccc(F)cc1N. The van der Waals surface area contributed by atoms with Gasteiger partial charge in [0.15, 0.2) is 0 Å². The third kappa shape index (κ3) is 2.55. The van der Waals surface area contributed by atoms with Gasteiger partial charge in [0, 0.05) is 7.05 Å². The summed E-state index contributed by atoms with van der Waals surface area (Å²) >= 11 is 0. The van der Waals surface area contributed by atoms with Crippen molar-refractivity contribution in [3.63, 3.8) is 0 Å². The molecule has 0 unspecified atom stereocenters. The Bertz CT molecular complexity index is 315. The number of hydrogen-bond acceptors (Lipinski definition) is 2. The van der Waals surface area contributed by atoms with E-state index >= 15 is 0 Å². The van der Waals surface area contributed by atoms with Crippen LogP contribution in [0.4, 0.5) is 24.5 Å². The summed E-state index contributed by atoms with van der Waals surface area (Å²) in [5, 5.41) is 0. The van der Waals surface area contributed by atoms with Crippen molar-refractivity contribution in [3.05, 3.63) is 24.0 Å². The standard InChI is InChI=1S/C9H11F3N2/c1-14(5-9(11)12)8-3-2-6(10)4-7(8)13/h2-4,9H,5,13H2,1H3. The lowest BCUT2D eigenvalue weighted by atomic mass is 10.2. The first-order chi connectivity index (χ1) is 6.50. The molecule has 0 bridgehead atoms. The molecule has 0 aliphatic heterocycles. The van der Waals surface area contributed by atoms with E-state index in [4.69, 9.17) is 5.73 Å². The van der Waals surface area contributed by atoms with E-state index in [1.807, 2.05) is 0 Å². The fourth-order valence-corrected chi connectivity index (χ4v) is 1.18. The zero-order chi connectivity index (χ0) is 10.7. The van der Waals surface area contributed by atoms with Gasteiger partial charge in [0.1, 0.15) is 5.82 Å². The van der Waals surface area contributed by atoms with Crippen LogP contribution in [0.25, 0.3) is 0 Å². The van der Waals surface area contributed by atoms with E-state index < -0.39 is 18.8 Å². The van der Waals surface area contributed by atoms with E-state index in [-0.39, 0.29) is 5.69 Å². The molecule has 0 atom stereocenters. The van der Waals surface area contributed by atoms with Gasteiger partial charge < -0.3 is 10.6 Å². The first-order valence-electron chi connectivity index (χ1n) is 4.05. The van der Waals surface area contributed by atoms with Gasteiger partial charge in [-0.05, 0) is 18.2 Å². The smallest absolute Gasteiger partial charge is 0.255 e. The maximum atomic E-state index is 12.6. The number of hydrogen-bond donors (Lipinski definition) is 1. The van der Waals surface area contributed by atoms with E-state index in [1.54, 1.807) is 0 Å². The molecule has 0 saturated heterocycles. The molecule has 2 N–H and O–H groups in total. The molecule has 5 heteroatoms. The van der Waals surface area contributed by atoms with Crippen molar-refractivity contribution in [1.29, 1.82) is 0 Å². The van der Waals surface area contributed by atoms with Crippen LogP contribution in [0.2, 0.25) is 0 Å². The number of nitrogens with two attached hydrogens (primary N) is 1. The highest BCUT2D eigenvalue weighted by molar-refractivity contribution is 5.67. The summed E-state index contributed by atoms with van der Waals surface area (Å²) in [6.45, 7) is -0.421. The molecule has 1 aromatic rings. The van der Waals surface area contributed by atoms with Crippen molar-refractivity contribution in [2.45, 2.75) is 6.43 Å². The van der Waals surface area contributed by atoms with Crippen LogP contribution in [-0.4, -0.2) is 20.0 Å². The highest BCUT2D eigenvalue weighted by Gasteiger charge is 2.11. The predicted molar refractivity (Wildman–Crippen MR) is 50.1 cm³/mol. The van der Waals surface area contributed by atoms with Gasteiger partial charge in [0.2, 0.25) is 0 Å². The molecule has 0 saturated carbocycles. The second-order valence-electron chi connectivity index (χ2n) is 2.97. The Morgan fingerprint density at radius 2 is 2.07 bits per heavy atom. The maximum Gasteiger partial charge on any atom is 0.255 e. The van der Waals surface area contributed by atoms with Crippen LogP contribution >= 0.6 is 0 Å². The van der Waals surface area contributed by atoms with Gasteiger partial charge in [-0.3, -0.25) is 0 Å². The van der Waals surface area contributed by atoms with Crippen molar-refractivity contribution in [2.75, 3.05) is 24.2 Å². The Morgan fingerprint density at radius 3 is 2.57 bits per heavy atom. The number of benzene rings is 1. The van der Waals surface area contributed by atoms with E-state index in [2.05, 4.69) is 0 Å². The normalized spacial score (nSPS) is 10.6. The molecule has 0 aliphatic carbocycles. The first kappa shape index (κ1) is 10.7. The fraction of sp³-hybridized carbons (Fsp3) is 0.333. The molecule has 0 amide bonds. The minimum atomic E-state index is -2.44. The van der Waals surface area contributed by atoms with Gasteiger partial charge in [-0.1, -0.05) is 0 Å². The van der Waals surface area contributed by atoms with Gasteiger partial charge in [-0.25, -0.2) is 13.2 Å². The minimum absolute atomic E-state index is 0.160. The molecule has 1 rings (SSSR count). The molecule has 0 aromatic heterocycles. The molecular formula is C9H11F3N2. The number of anilines is 2. The van der Waals surface area contributed by atoms with Gasteiger partial charge >= 0.3 is 0 Å². The first-order valence-corrected chi connectivity index (χ1v) is 4.05. The van der Waals surface area contributed by atoms with Crippen LogP contribution < -0.4 is 10.6 Å². The monoisotopic (exact) mass is 204 g/mol. The van der Waals surface area contributed by atoms with Crippen molar-refractivity contribution in [2.24, 2.45) is 0 Å². The Morgan fingerprint density at radius 1 is 1.43 bits per heavy atom. The molecule has 2 nitrogen and oxygen atoms in total. The van der Waals surface area contributed by atoms with E-state index in [0.29, 0.717) is 5.69 Å². The molecule has 78 valence electrons. The zero-order valence-corrected chi connectivity index (χ0v) is 7.67. The molecule has 0 spiro atoms. The lowest BCUT2D eigenvalue weighted by Crippen LogP contribution is -2.24. The number of nitrogens with zero attached hydrogens (tertiary/aromatic N) is 1. The molecule has 0 radical (unpaired) electrons. The maximum absolute atomic E-state index is 12.6. The molecule has 0 aliphatic rings. The Labute approximate surface area is 80.1 Å². The van der Waals surface area contributed by atoms with Crippen LogP contribution in [0, 0.1) is 5.82 Å². The van der Waals surface area contributed by atoms with Crippen molar-refractivity contribution in [1.82, 2.24) is 0 Å². The summed E-state index contributed by atoms with van der Waals surface area (Å²) in [5.74, 6) is -0.475. The summed E-state index contributed by atoms with van der Waals surface area (Å²) in [6, 6.07) is 3.68. The lowest BCUT2D eigenvalue weighted by Gasteiger charge is -2.20. The van der Waals surface area contributed by atoms with Crippen LogP contribution in [0.5, 0.6) is 0 Å². The number of rotatable bonds is 3. The summed E-state index contributed by atoms with van der Waals surface area (Å²) < 4.78 is 36.7. The summed E-state index contributed by atoms with van der Waals surface area (Å²) in [4.78, 5) is 1.29. The second kappa shape index (κ2) is 4.21. The molecule has 0 heterocycles. The minimum Gasteiger partial charge on any atom is -0.397 e. The van der Waals surface area contributed by atoms with Gasteiger partial charge in [-0.15, -0.1) is 0 Å². The third-order valence-corrected chi connectivity index (χ3v) is 1.81. The van der Waals surface area contributed by atoms with Crippen molar-refractivity contribution >= 4 is 11.4 Å². The largest absolute Gasteiger partial charge is 0.397 e. The summed E-state index contributed by atoms with van der Waals surface area (Å²) in [7, 11) is 1.48. The quantitative estimate of drug-likeness (QED) is 0.764. The van der Waals surface area contributed by atoms with E-state index in [1.165, 1.54) is 24.1 Å². The average Bonchev–Trinajstić information content (AvgIpc) is 2.01. The Hall–Kier alpha value is -1.39. The van der Waals surface area contributed by atoms with Gasteiger partial charge in [0.25, 0.3) is 6.43 Å². The van der Waals surface area contributed by atoms with Crippen LogP contribution in [-0.2, 0) is 0 Å². The highest BCUT2D eigenvalue weighted by Crippen LogP contribution is 2.23. The molecule has 0 fully saturated rings. The average molecular weight is 204 g/mol. The van der Waals surface area contributed by atoms with E-state index in [0.717, 1.165) is 6.07 Å². The number of halogens is 3. The Balaban J connectivity index is 2.84. The van der Waals surface area contributed by atoms with Crippen LogP contribution in [0.3, 0.4) is 0 Å². The highest BCUT2D eigenvalue weighted by atomic mass is 19.3.